The van der Waals surface area contributed by atoms with E-state index in [1.807, 2.05) is 0 Å². The number of rotatable bonds is 7. The Bertz CT molecular complexity index is 357. The Hall–Kier alpha value is -0.170. The van der Waals surface area contributed by atoms with Crippen LogP contribution in [0.15, 0.2) is 0 Å². The summed E-state index contributed by atoms with van der Waals surface area (Å²) in [6.07, 6.45) is 5.09. The summed E-state index contributed by atoms with van der Waals surface area (Å²) >= 11 is 0. The van der Waals surface area contributed by atoms with Crippen molar-refractivity contribution in [2.45, 2.75) is 52.0 Å². The molecule has 0 aliphatic heterocycles. The van der Waals surface area contributed by atoms with Crippen LogP contribution in [-0.2, 0) is 10.2 Å². The molecule has 1 rings (SSSR count). The van der Waals surface area contributed by atoms with E-state index in [1.54, 1.807) is 7.05 Å². The second-order valence-electron chi connectivity index (χ2n) is 5.89. The zero-order valence-electron chi connectivity index (χ0n) is 12.4. The van der Waals surface area contributed by atoms with Crippen molar-refractivity contribution >= 4 is 10.2 Å². The highest BCUT2D eigenvalue weighted by molar-refractivity contribution is 7.87. The molecule has 2 atom stereocenters. The molecule has 0 aromatic heterocycles. The van der Waals surface area contributed by atoms with E-state index in [9.17, 15) is 8.42 Å². The topological polar surface area (TPSA) is 75.4 Å². The zero-order chi connectivity index (χ0) is 14.5. The molecule has 6 heteroatoms. The summed E-state index contributed by atoms with van der Waals surface area (Å²) < 4.78 is 28.8. The fourth-order valence-corrected chi connectivity index (χ4v) is 4.04. The molecule has 5 nitrogen and oxygen atoms in total. The lowest BCUT2D eigenvalue weighted by Crippen LogP contribution is -2.49. The smallest absolute Gasteiger partial charge is 0.279 e. The molecule has 0 bridgehead atoms. The fraction of sp³-hybridized carbons (Fsp3) is 1.00. The van der Waals surface area contributed by atoms with Gasteiger partial charge in [-0.05, 0) is 37.6 Å². The van der Waals surface area contributed by atoms with Gasteiger partial charge in [-0.2, -0.15) is 17.4 Å². The van der Waals surface area contributed by atoms with Crippen molar-refractivity contribution in [1.29, 1.82) is 0 Å². The van der Waals surface area contributed by atoms with Gasteiger partial charge in [-0.1, -0.05) is 26.7 Å². The standard InChI is InChI=1S/C13H29N3O2S/c1-11(2)12-7-4-5-8-13(12)15-19(17,18)16(3)10-6-9-14/h11-13,15H,4-10,14H2,1-3H3. The Labute approximate surface area is 118 Å². The SMILES string of the molecule is CC(C)C1CCCCC1NS(=O)(=O)N(C)CCCN. The summed E-state index contributed by atoms with van der Waals surface area (Å²) in [5.74, 6) is 0.966. The van der Waals surface area contributed by atoms with Crippen molar-refractivity contribution < 1.29 is 8.42 Å². The summed E-state index contributed by atoms with van der Waals surface area (Å²) in [6.45, 7) is 5.34. The maximum atomic E-state index is 12.2. The molecule has 1 aliphatic rings. The maximum Gasteiger partial charge on any atom is 0.279 e. The molecule has 0 aromatic carbocycles. The molecule has 1 fully saturated rings. The van der Waals surface area contributed by atoms with Crippen LogP contribution >= 0.6 is 0 Å². The van der Waals surface area contributed by atoms with Crippen LogP contribution in [0.25, 0.3) is 0 Å². The van der Waals surface area contributed by atoms with Gasteiger partial charge in [-0.15, -0.1) is 0 Å². The third kappa shape index (κ3) is 5.02. The van der Waals surface area contributed by atoms with Crippen molar-refractivity contribution in [3.8, 4) is 0 Å². The minimum atomic E-state index is -3.37. The zero-order valence-corrected chi connectivity index (χ0v) is 13.2. The third-order valence-corrected chi connectivity index (χ3v) is 5.67. The second kappa shape index (κ2) is 7.57. The number of nitrogens with zero attached hydrogens (tertiary/aromatic N) is 1. The molecule has 2 unspecified atom stereocenters. The molecule has 0 aromatic rings. The first-order valence-electron chi connectivity index (χ1n) is 7.32. The van der Waals surface area contributed by atoms with E-state index in [0.717, 1.165) is 19.3 Å². The molecule has 1 aliphatic carbocycles. The summed E-state index contributed by atoms with van der Waals surface area (Å²) in [6, 6.07) is 0.0825. The van der Waals surface area contributed by atoms with Crippen molar-refractivity contribution in [1.82, 2.24) is 9.03 Å². The van der Waals surface area contributed by atoms with Crippen LogP contribution in [0.1, 0.15) is 46.0 Å². The molecule has 0 heterocycles. The van der Waals surface area contributed by atoms with E-state index in [-0.39, 0.29) is 6.04 Å². The van der Waals surface area contributed by atoms with Gasteiger partial charge in [-0.3, -0.25) is 0 Å². The van der Waals surface area contributed by atoms with Gasteiger partial charge in [0.1, 0.15) is 0 Å². The highest BCUT2D eigenvalue weighted by Crippen LogP contribution is 2.30. The van der Waals surface area contributed by atoms with Crippen LogP contribution in [0.2, 0.25) is 0 Å². The lowest BCUT2D eigenvalue weighted by Gasteiger charge is -2.35. The highest BCUT2D eigenvalue weighted by Gasteiger charge is 2.31. The minimum absolute atomic E-state index is 0.0825. The van der Waals surface area contributed by atoms with Gasteiger partial charge in [0, 0.05) is 19.6 Å². The van der Waals surface area contributed by atoms with Crippen molar-refractivity contribution in [3.63, 3.8) is 0 Å². The molecule has 19 heavy (non-hydrogen) atoms. The van der Waals surface area contributed by atoms with Gasteiger partial charge >= 0.3 is 0 Å². The third-order valence-electron chi connectivity index (χ3n) is 4.06. The Morgan fingerprint density at radius 1 is 1.32 bits per heavy atom. The van der Waals surface area contributed by atoms with Crippen molar-refractivity contribution in [2.24, 2.45) is 17.6 Å². The Kier molecular flexibility index (Phi) is 6.73. The van der Waals surface area contributed by atoms with Crippen LogP contribution in [0.5, 0.6) is 0 Å². The van der Waals surface area contributed by atoms with Crippen LogP contribution in [0.3, 0.4) is 0 Å². The summed E-state index contributed by atoms with van der Waals surface area (Å²) in [5.41, 5.74) is 5.42. The monoisotopic (exact) mass is 291 g/mol. The van der Waals surface area contributed by atoms with E-state index in [2.05, 4.69) is 18.6 Å². The van der Waals surface area contributed by atoms with E-state index >= 15 is 0 Å². The molecular formula is C13H29N3O2S. The predicted octanol–water partition coefficient (Wildman–Crippen LogP) is 1.32. The van der Waals surface area contributed by atoms with Gasteiger partial charge in [0.25, 0.3) is 10.2 Å². The number of nitrogens with one attached hydrogen (secondary N) is 1. The van der Waals surface area contributed by atoms with Gasteiger partial charge in [0.2, 0.25) is 0 Å². The molecular weight excluding hydrogens is 262 g/mol. The van der Waals surface area contributed by atoms with Gasteiger partial charge in [-0.25, -0.2) is 0 Å². The average Bonchev–Trinajstić information content (AvgIpc) is 2.35. The molecule has 0 radical (unpaired) electrons. The molecule has 1 saturated carbocycles. The van der Waals surface area contributed by atoms with E-state index < -0.39 is 10.2 Å². The minimum Gasteiger partial charge on any atom is -0.330 e. The predicted molar refractivity (Wildman–Crippen MR) is 78.9 cm³/mol. The number of hydrogen-bond donors (Lipinski definition) is 2. The fourth-order valence-electron chi connectivity index (χ4n) is 2.82. The molecule has 3 N–H and O–H groups in total. The Morgan fingerprint density at radius 3 is 2.53 bits per heavy atom. The molecule has 0 saturated heterocycles. The molecule has 114 valence electrons. The second-order valence-corrected chi connectivity index (χ2v) is 7.69. The van der Waals surface area contributed by atoms with Crippen LogP contribution < -0.4 is 10.5 Å². The Morgan fingerprint density at radius 2 is 1.95 bits per heavy atom. The first kappa shape index (κ1) is 16.9. The largest absolute Gasteiger partial charge is 0.330 e. The molecule has 0 amide bonds. The lowest BCUT2D eigenvalue weighted by molar-refractivity contribution is 0.223. The van der Waals surface area contributed by atoms with Crippen molar-refractivity contribution in [3.05, 3.63) is 0 Å². The summed E-state index contributed by atoms with van der Waals surface area (Å²) in [5, 5.41) is 0. The van der Waals surface area contributed by atoms with E-state index in [4.69, 9.17) is 5.73 Å². The average molecular weight is 291 g/mol. The van der Waals surface area contributed by atoms with Crippen LogP contribution in [-0.4, -0.2) is 38.9 Å². The normalized spacial score (nSPS) is 25.2. The Balaban J connectivity index is 2.64. The van der Waals surface area contributed by atoms with Crippen LogP contribution in [0, 0.1) is 11.8 Å². The van der Waals surface area contributed by atoms with Gasteiger partial charge < -0.3 is 5.73 Å². The van der Waals surface area contributed by atoms with E-state index in [0.29, 0.717) is 31.3 Å². The lowest BCUT2D eigenvalue weighted by atomic mass is 9.78. The van der Waals surface area contributed by atoms with E-state index in [1.165, 1.54) is 10.7 Å². The first-order valence-corrected chi connectivity index (χ1v) is 8.76. The van der Waals surface area contributed by atoms with Crippen molar-refractivity contribution in [2.75, 3.05) is 20.1 Å². The maximum absolute atomic E-state index is 12.2. The summed E-state index contributed by atoms with van der Waals surface area (Å²) in [7, 11) is -1.75. The van der Waals surface area contributed by atoms with Gasteiger partial charge in [0.15, 0.2) is 0 Å². The number of hydrogen-bond acceptors (Lipinski definition) is 3. The van der Waals surface area contributed by atoms with Gasteiger partial charge in [0.05, 0.1) is 0 Å². The summed E-state index contributed by atoms with van der Waals surface area (Å²) in [4.78, 5) is 0. The van der Waals surface area contributed by atoms with Crippen LogP contribution in [0.4, 0.5) is 0 Å². The molecule has 0 spiro atoms. The first-order chi connectivity index (χ1) is 8.88. The number of nitrogens with two attached hydrogens (primary N) is 1. The quantitative estimate of drug-likeness (QED) is 0.743. The highest BCUT2D eigenvalue weighted by atomic mass is 32.2.